The fourth-order valence-electron chi connectivity index (χ4n) is 6.23. The van der Waals surface area contributed by atoms with Gasteiger partial charge in [-0.15, -0.1) is 0 Å². The lowest BCUT2D eigenvalue weighted by molar-refractivity contribution is -0.145. The summed E-state index contributed by atoms with van der Waals surface area (Å²) in [7, 11) is 0. The van der Waals surface area contributed by atoms with Crippen molar-refractivity contribution in [2.75, 3.05) is 6.61 Å². The lowest BCUT2D eigenvalue weighted by atomic mass is 9.79. The van der Waals surface area contributed by atoms with Gasteiger partial charge in [-0.05, 0) is 67.5 Å². The second-order valence-corrected chi connectivity index (χ2v) is 11.8. The Labute approximate surface area is 237 Å². The van der Waals surface area contributed by atoms with Crippen LogP contribution in [0.4, 0.5) is 9.59 Å². The highest BCUT2D eigenvalue weighted by atomic mass is 16.6. The third-order valence-electron chi connectivity index (χ3n) is 8.03. The fourth-order valence-corrected chi connectivity index (χ4v) is 6.23. The van der Waals surface area contributed by atoms with E-state index in [-0.39, 0.29) is 31.8 Å². The monoisotopic (exact) mass is 552 g/mol. The number of carbonyl (C=O) groups is 3. The predicted octanol–water partition coefficient (Wildman–Crippen LogP) is 6.28. The minimum atomic E-state index is -1.58. The Morgan fingerprint density at radius 2 is 1.56 bits per heavy atom. The number of carboxylic acids is 1. The molecule has 1 amide bonds. The van der Waals surface area contributed by atoms with Gasteiger partial charge in [0.15, 0.2) is 0 Å². The molecule has 0 saturated heterocycles. The Morgan fingerprint density at radius 1 is 0.951 bits per heavy atom. The number of alkyl carbamates (subject to hydrolysis) is 1. The van der Waals surface area contributed by atoms with Gasteiger partial charge in [0, 0.05) is 23.4 Å². The Morgan fingerprint density at radius 3 is 2.20 bits per heavy atom. The van der Waals surface area contributed by atoms with Crippen LogP contribution in [0.5, 0.6) is 0 Å². The van der Waals surface area contributed by atoms with Crippen LogP contribution < -0.4 is 5.32 Å². The molecule has 0 saturated carbocycles. The van der Waals surface area contributed by atoms with Crippen molar-refractivity contribution in [2.45, 2.75) is 57.1 Å². The van der Waals surface area contributed by atoms with Crippen LogP contribution in [0.15, 0.2) is 72.8 Å². The molecule has 0 aliphatic heterocycles. The molecule has 6 rings (SSSR count). The summed E-state index contributed by atoms with van der Waals surface area (Å²) in [5.41, 5.74) is 4.15. The average Bonchev–Trinajstić information content (AvgIpc) is 3.43. The lowest BCUT2D eigenvalue weighted by Crippen LogP contribution is -2.58. The molecule has 0 radical (unpaired) electrons. The van der Waals surface area contributed by atoms with E-state index in [4.69, 9.17) is 9.47 Å². The first kappa shape index (κ1) is 26.6. The quantitative estimate of drug-likeness (QED) is 0.309. The molecule has 0 unspecified atom stereocenters. The maximum Gasteiger partial charge on any atom is 0.419 e. The highest BCUT2D eigenvalue weighted by Gasteiger charge is 2.46. The second-order valence-electron chi connectivity index (χ2n) is 11.8. The van der Waals surface area contributed by atoms with Crippen LogP contribution >= 0.6 is 0 Å². The third kappa shape index (κ3) is 4.63. The van der Waals surface area contributed by atoms with Crippen molar-refractivity contribution in [3.8, 4) is 11.1 Å². The number of carboxylic acid groups (broad SMARTS) is 1. The number of hydrogen-bond donors (Lipinski definition) is 2. The number of fused-ring (bicyclic) bond motifs is 6. The van der Waals surface area contributed by atoms with Crippen molar-refractivity contribution in [1.29, 1.82) is 0 Å². The van der Waals surface area contributed by atoms with Crippen LogP contribution in [0.25, 0.3) is 22.0 Å². The molecule has 2 N–H and O–H groups in total. The maximum absolute atomic E-state index is 13.2. The van der Waals surface area contributed by atoms with E-state index in [9.17, 15) is 19.5 Å². The molecule has 2 aliphatic rings. The molecular weight excluding hydrogens is 520 g/mol. The van der Waals surface area contributed by atoms with Gasteiger partial charge in [0.1, 0.15) is 17.7 Å². The number of aromatic nitrogens is 1. The number of para-hydroxylation sites is 1. The summed E-state index contributed by atoms with van der Waals surface area (Å²) in [5, 5.41) is 13.8. The summed E-state index contributed by atoms with van der Waals surface area (Å²) in [6.07, 6.45) is -0.924. The smallest absolute Gasteiger partial charge is 0.419 e. The highest BCUT2D eigenvalue weighted by molar-refractivity contribution is 5.95. The minimum Gasteiger partial charge on any atom is -0.479 e. The summed E-state index contributed by atoms with van der Waals surface area (Å²) in [6, 6.07) is 23.4. The number of aliphatic carboxylic acids is 1. The number of nitrogens with zero attached hydrogens (tertiary/aromatic N) is 1. The van der Waals surface area contributed by atoms with Gasteiger partial charge in [-0.1, -0.05) is 66.7 Å². The number of ether oxygens (including phenoxy) is 2. The van der Waals surface area contributed by atoms with E-state index in [1.165, 1.54) is 4.57 Å². The Kier molecular flexibility index (Phi) is 6.36. The van der Waals surface area contributed by atoms with E-state index in [0.29, 0.717) is 16.8 Å². The van der Waals surface area contributed by atoms with Gasteiger partial charge < -0.3 is 19.9 Å². The molecule has 41 heavy (non-hydrogen) atoms. The molecule has 0 fully saturated rings. The summed E-state index contributed by atoms with van der Waals surface area (Å²) in [4.78, 5) is 39.1. The number of carbonyl (C=O) groups excluding carboxylic acids is 2. The molecule has 2 aliphatic carbocycles. The summed E-state index contributed by atoms with van der Waals surface area (Å²) in [5.74, 6) is -1.29. The predicted molar refractivity (Wildman–Crippen MR) is 154 cm³/mol. The molecule has 8 heteroatoms. The number of rotatable bonds is 4. The Balaban J connectivity index is 1.26. The Bertz CT molecular complexity index is 1650. The van der Waals surface area contributed by atoms with Crippen molar-refractivity contribution in [3.63, 3.8) is 0 Å². The van der Waals surface area contributed by atoms with Crippen molar-refractivity contribution < 1.29 is 29.0 Å². The molecule has 3 aromatic carbocycles. The zero-order valence-corrected chi connectivity index (χ0v) is 23.3. The van der Waals surface area contributed by atoms with Crippen LogP contribution in [-0.2, 0) is 27.1 Å². The van der Waals surface area contributed by atoms with E-state index in [1.54, 1.807) is 20.8 Å². The average molecular weight is 553 g/mol. The molecule has 1 aromatic heterocycles. The summed E-state index contributed by atoms with van der Waals surface area (Å²) >= 11 is 0. The van der Waals surface area contributed by atoms with Gasteiger partial charge >= 0.3 is 18.2 Å². The van der Waals surface area contributed by atoms with Crippen LogP contribution in [-0.4, -0.2) is 45.6 Å². The van der Waals surface area contributed by atoms with Crippen LogP contribution in [0.3, 0.4) is 0 Å². The molecular formula is C33H32N2O6. The number of benzene rings is 3. The highest BCUT2D eigenvalue weighted by Crippen LogP contribution is 2.44. The van der Waals surface area contributed by atoms with Crippen molar-refractivity contribution >= 4 is 29.1 Å². The van der Waals surface area contributed by atoms with E-state index >= 15 is 0 Å². The first-order valence-electron chi connectivity index (χ1n) is 13.8. The lowest BCUT2D eigenvalue weighted by Gasteiger charge is -2.34. The molecule has 4 aromatic rings. The van der Waals surface area contributed by atoms with Gasteiger partial charge in [0.2, 0.25) is 0 Å². The molecule has 1 heterocycles. The largest absolute Gasteiger partial charge is 0.479 e. The topological polar surface area (TPSA) is 107 Å². The van der Waals surface area contributed by atoms with Gasteiger partial charge in [-0.2, -0.15) is 0 Å². The van der Waals surface area contributed by atoms with E-state index in [0.717, 1.165) is 27.6 Å². The van der Waals surface area contributed by atoms with E-state index in [2.05, 4.69) is 17.4 Å². The number of nitrogens with one attached hydrogen (secondary N) is 1. The maximum atomic E-state index is 13.2. The molecule has 1 atom stereocenters. The zero-order chi connectivity index (χ0) is 28.9. The van der Waals surface area contributed by atoms with Gasteiger partial charge in [-0.3, -0.25) is 0 Å². The minimum absolute atomic E-state index is 0.0121. The molecule has 210 valence electrons. The van der Waals surface area contributed by atoms with Gasteiger partial charge in [0.05, 0.1) is 5.52 Å². The van der Waals surface area contributed by atoms with Crippen molar-refractivity contribution in [1.82, 2.24) is 9.88 Å². The van der Waals surface area contributed by atoms with Gasteiger partial charge in [0.25, 0.3) is 0 Å². The summed E-state index contributed by atoms with van der Waals surface area (Å²) in [6.45, 7) is 5.49. The van der Waals surface area contributed by atoms with Crippen molar-refractivity contribution in [3.05, 3.63) is 95.2 Å². The van der Waals surface area contributed by atoms with Gasteiger partial charge in [-0.25, -0.2) is 19.0 Å². The van der Waals surface area contributed by atoms with Crippen LogP contribution in [0, 0.1) is 0 Å². The molecule has 0 bridgehead atoms. The van der Waals surface area contributed by atoms with Crippen LogP contribution in [0.2, 0.25) is 0 Å². The molecule has 8 nitrogen and oxygen atoms in total. The Hall–Kier alpha value is -4.59. The first-order valence-corrected chi connectivity index (χ1v) is 13.8. The normalized spacial score (nSPS) is 17.8. The second kappa shape index (κ2) is 9.80. The fraction of sp³-hybridized carbons (Fsp3) is 0.303. The summed E-state index contributed by atoms with van der Waals surface area (Å²) < 4.78 is 12.9. The standard InChI is InChI=1S/C33H32N2O6/c1-32(2,3)41-31(39)35-27-15-9-8-14-24(27)25-18-33(29(36)37,17-16-28(25)35)34-30(38)40-19-26-22-12-6-4-10-20(22)21-11-5-7-13-23(21)26/h4-15,26H,16-19H2,1-3H3,(H,34,38)(H,36,37)/t33-/m1/s1. The van der Waals surface area contributed by atoms with E-state index < -0.39 is 29.3 Å². The third-order valence-corrected chi connectivity index (χ3v) is 8.03. The number of amides is 1. The van der Waals surface area contributed by atoms with Crippen LogP contribution in [0.1, 0.15) is 55.5 Å². The molecule has 0 spiro atoms. The SMILES string of the molecule is CC(C)(C)OC(=O)n1c2c(c3ccccc31)C[C@@](NC(=O)OCC1c3ccccc3-c3ccccc31)(C(=O)O)CC2. The van der Waals surface area contributed by atoms with Crippen molar-refractivity contribution in [2.24, 2.45) is 0 Å². The zero-order valence-electron chi connectivity index (χ0n) is 23.3. The first-order chi connectivity index (χ1) is 19.6. The van der Waals surface area contributed by atoms with E-state index in [1.807, 2.05) is 60.7 Å². The number of hydrogen-bond acceptors (Lipinski definition) is 5.